The second kappa shape index (κ2) is 4.49. The molecular weight excluding hydrogens is 227 g/mol. The monoisotopic (exact) mass is 237 g/mol. The van der Waals surface area contributed by atoms with Crippen molar-refractivity contribution in [3.63, 3.8) is 0 Å². The maximum Gasteiger partial charge on any atom is 0.129 e. The zero-order valence-electron chi connectivity index (χ0n) is 8.88. The second-order valence-electron chi connectivity index (χ2n) is 3.72. The number of halogens is 3. The Kier molecular flexibility index (Phi) is 3.04. The van der Waals surface area contributed by atoms with Crippen LogP contribution in [0.2, 0.25) is 0 Å². The van der Waals surface area contributed by atoms with Crippen molar-refractivity contribution in [1.82, 2.24) is 0 Å². The summed E-state index contributed by atoms with van der Waals surface area (Å²) in [6.45, 7) is 0. The molecule has 0 spiro atoms. The van der Waals surface area contributed by atoms with Crippen LogP contribution >= 0.6 is 0 Å². The normalized spacial score (nSPS) is 10.5. The Bertz CT molecular complexity index is 532. The lowest BCUT2D eigenvalue weighted by Gasteiger charge is -2.07. The summed E-state index contributed by atoms with van der Waals surface area (Å²) in [5.41, 5.74) is 6.20. The van der Waals surface area contributed by atoms with Gasteiger partial charge in [0.25, 0.3) is 0 Å². The molecule has 0 saturated carbocycles. The number of benzene rings is 2. The Morgan fingerprint density at radius 1 is 0.941 bits per heavy atom. The maximum absolute atomic E-state index is 13.4. The van der Waals surface area contributed by atoms with Gasteiger partial charge in [-0.05, 0) is 35.9 Å². The zero-order chi connectivity index (χ0) is 12.4. The molecule has 0 unspecified atom stereocenters. The molecule has 0 aliphatic carbocycles. The van der Waals surface area contributed by atoms with Gasteiger partial charge in [0.05, 0.1) is 0 Å². The van der Waals surface area contributed by atoms with Gasteiger partial charge in [0, 0.05) is 17.7 Å². The summed E-state index contributed by atoms with van der Waals surface area (Å²) >= 11 is 0. The van der Waals surface area contributed by atoms with E-state index in [9.17, 15) is 13.2 Å². The molecule has 0 aliphatic rings. The van der Waals surface area contributed by atoms with Gasteiger partial charge in [-0.1, -0.05) is 6.07 Å². The molecule has 0 bridgehead atoms. The first-order valence-electron chi connectivity index (χ1n) is 5.04. The van der Waals surface area contributed by atoms with Crippen LogP contribution in [0.15, 0.2) is 36.4 Å². The standard InChI is InChI=1S/C13H10F3N/c14-9-4-5-13(17)8(6-9)7-10-11(15)2-1-3-12(10)16/h1-6H,7,17H2. The van der Waals surface area contributed by atoms with Gasteiger partial charge < -0.3 is 5.73 Å². The van der Waals surface area contributed by atoms with Crippen LogP contribution in [0.3, 0.4) is 0 Å². The van der Waals surface area contributed by atoms with Gasteiger partial charge in [0.15, 0.2) is 0 Å². The van der Waals surface area contributed by atoms with E-state index >= 15 is 0 Å². The molecule has 1 nitrogen and oxygen atoms in total. The van der Waals surface area contributed by atoms with Crippen molar-refractivity contribution in [3.8, 4) is 0 Å². The third-order valence-electron chi connectivity index (χ3n) is 2.53. The van der Waals surface area contributed by atoms with Crippen LogP contribution in [-0.2, 0) is 6.42 Å². The minimum atomic E-state index is -0.659. The lowest BCUT2D eigenvalue weighted by Crippen LogP contribution is -2.01. The first-order chi connectivity index (χ1) is 8.08. The van der Waals surface area contributed by atoms with E-state index in [4.69, 9.17) is 5.73 Å². The minimum Gasteiger partial charge on any atom is -0.398 e. The van der Waals surface area contributed by atoms with E-state index < -0.39 is 17.5 Å². The van der Waals surface area contributed by atoms with E-state index in [0.29, 0.717) is 11.3 Å². The predicted molar refractivity (Wildman–Crippen MR) is 60.0 cm³/mol. The molecule has 0 saturated heterocycles. The van der Waals surface area contributed by atoms with Gasteiger partial charge in [-0.25, -0.2) is 13.2 Å². The van der Waals surface area contributed by atoms with Crippen LogP contribution in [0.1, 0.15) is 11.1 Å². The molecule has 0 atom stereocenters. The van der Waals surface area contributed by atoms with Crippen LogP contribution in [0.25, 0.3) is 0 Å². The van der Waals surface area contributed by atoms with Crippen molar-refractivity contribution < 1.29 is 13.2 Å². The van der Waals surface area contributed by atoms with Gasteiger partial charge >= 0.3 is 0 Å². The Hall–Kier alpha value is -1.97. The number of nitrogens with two attached hydrogens (primary N) is 1. The van der Waals surface area contributed by atoms with E-state index in [1.54, 1.807) is 0 Å². The number of anilines is 1. The number of nitrogen functional groups attached to an aromatic ring is 1. The van der Waals surface area contributed by atoms with Crippen LogP contribution in [-0.4, -0.2) is 0 Å². The molecule has 0 amide bonds. The smallest absolute Gasteiger partial charge is 0.129 e. The highest BCUT2D eigenvalue weighted by Gasteiger charge is 2.11. The minimum absolute atomic E-state index is 0.0674. The number of hydrogen-bond donors (Lipinski definition) is 1. The average molecular weight is 237 g/mol. The molecule has 2 N–H and O–H groups in total. The quantitative estimate of drug-likeness (QED) is 0.797. The highest BCUT2D eigenvalue weighted by Crippen LogP contribution is 2.21. The first-order valence-corrected chi connectivity index (χ1v) is 5.04. The summed E-state index contributed by atoms with van der Waals surface area (Å²) in [6, 6.07) is 7.37. The highest BCUT2D eigenvalue weighted by molar-refractivity contribution is 5.49. The van der Waals surface area contributed by atoms with Crippen LogP contribution in [0.4, 0.5) is 18.9 Å². The third kappa shape index (κ3) is 2.41. The molecule has 2 rings (SSSR count). The van der Waals surface area contributed by atoms with Gasteiger partial charge in [-0.2, -0.15) is 0 Å². The van der Waals surface area contributed by atoms with Gasteiger partial charge in [0.2, 0.25) is 0 Å². The lowest BCUT2D eigenvalue weighted by atomic mass is 10.0. The predicted octanol–water partition coefficient (Wildman–Crippen LogP) is 3.28. The number of hydrogen-bond acceptors (Lipinski definition) is 1. The molecule has 2 aromatic rings. The van der Waals surface area contributed by atoms with Crippen molar-refractivity contribution >= 4 is 5.69 Å². The molecule has 4 heteroatoms. The van der Waals surface area contributed by atoms with Crippen LogP contribution in [0, 0.1) is 17.5 Å². The van der Waals surface area contributed by atoms with E-state index in [0.717, 1.165) is 12.1 Å². The molecule has 0 heterocycles. The Morgan fingerprint density at radius 3 is 2.24 bits per heavy atom. The fourth-order valence-corrected chi connectivity index (χ4v) is 1.62. The van der Waals surface area contributed by atoms with Crippen LogP contribution < -0.4 is 5.73 Å². The van der Waals surface area contributed by atoms with Crippen LogP contribution in [0.5, 0.6) is 0 Å². The molecule has 0 fully saturated rings. The van der Waals surface area contributed by atoms with E-state index in [2.05, 4.69) is 0 Å². The molecule has 88 valence electrons. The summed E-state index contributed by atoms with van der Waals surface area (Å²) in [5.74, 6) is -1.80. The first kappa shape index (κ1) is 11.5. The van der Waals surface area contributed by atoms with Crippen molar-refractivity contribution in [1.29, 1.82) is 0 Å². The second-order valence-corrected chi connectivity index (χ2v) is 3.72. The van der Waals surface area contributed by atoms with Gasteiger partial charge in [-0.3, -0.25) is 0 Å². The van der Waals surface area contributed by atoms with E-state index in [1.807, 2.05) is 0 Å². The molecular formula is C13H10F3N. The van der Waals surface area contributed by atoms with E-state index in [1.165, 1.54) is 24.3 Å². The SMILES string of the molecule is Nc1ccc(F)cc1Cc1c(F)cccc1F. The topological polar surface area (TPSA) is 26.0 Å². The average Bonchev–Trinajstić information content (AvgIpc) is 2.28. The largest absolute Gasteiger partial charge is 0.398 e. The van der Waals surface area contributed by atoms with Gasteiger partial charge in [-0.15, -0.1) is 0 Å². The number of rotatable bonds is 2. The fourth-order valence-electron chi connectivity index (χ4n) is 1.62. The van der Waals surface area contributed by atoms with Crippen molar-refractivity contribution in [2.45, 2.75) is 6.42 Å². The molecule has 17 heavy (non-hydrogen) atoms. The Morgan fingerprint density at radius 2 is 1.59 bits per heavy atom. The lowest BCUT2D eigenvalue weighted by molar-refractivity contribution is 0.561. The van der Waals surface area contributed by atoms with E-state index in [-0.39, 0.29) is 12.0 Å². The summed E-state index contributed by atoms with van der Waals surface area (Å²) in [7, 11) is 0. The summed E-state index contributed by atoms with van der Waals surface area (Å²) in [5, 5.41) is 0. The molecule has 0 aromatic heterocycles. The zero-order valence-corrected chi connectivity index (χ0v) is 8.88. The summed E-state index contributed by atoms with van der Waals surface area (Å²) in [4.78, 5) is 0. The fraction of sp³-hybridized carbons (Fsp3) is 0.0769. The maximum atomic E-state index is 13.4. The summed E-state index contributed by atoms with van der Waals surface area (Å²) in [6.07, 6.45) is -0.0674. The molecule has 0 radical (unpaired) electrons. The van der Waals surface area contributed by atoms with Gasteiger partial charge in [0.1, 0.15) is 17.5 Å². The van der Waals surface area contributed by atoms with Crippen molar-refractivity contribution in [3.05, 3.63) is 65.0 Å². The molecule has 2 aromatic carbocycles. The van der Waals surface area contributed by atoms with Crippen molar-refractivity contribution in [2.24, 2.45) is 0 Å². The van der Waals surface area contributed by atoms with Crippen molar-refractivity contribution in [2.75, 3.05) is 5.73 Å². The Balaban J connectivity index is 2.41. The molecule has 0 aliphatic heterocycles. The highest BCUT2D eigenvalue weighted by atomic mass is 19.1. The third-order valence-corrected chi connectivity index (χ3v) is 2.53. The summed E-state index contributed by atoms with van der Waals surface area (Å²) < 4.78 is 39.8. The Labute approximate surface area is 96.7 Å².